The second-order valence-electron chi connectivity index (χ2n) is 11.2. The quantitative estimate of drug-likeness (QED) is 0.251. The number of rotatable bonds is 8. The van der Waals surface area contributed by atoms with Crippen LogP contribution < -0.4 is 15.5 Å². The average Bonchev–Trinajstić information content (AvgIpc) is 3.14. The van der Waals surface area contributed by atoms with Crippen LogP contribution in [0.25, 0.3) is 0 Å². The molecule has 2 N–H and O–H groups in total. The summed E-state index contributed by atoms with van der Waals surface area (Å²) in [7, 11) is 1.74. The van der Waals surface area contributed by atoms with E-state index in [9.17, 15) is 9.59 Å². The molecule has 0 spiro atoms. The van der Waals surface area contributed by atoms with E-state index in [1.54, 1.807) is 18.0 Å². The van der Waals surface area contributed by atoms with E-state index in [2.05, 4.69) is 17.6 Å². The van der Waals surface area contributed by atoms with Gasteiger partial charge in [0.05, 0.1) is 16.8 Å². The average molecular weight is 616 g/mol. The van der Waals surface area contributed by atoms with Gasteiger partial charge in [0, 0.05) is 42.8 Å². The molecule has 2 aliphatic rings. The minimum absolute atomic E-state index is 0.0717. The summed E-state index contributed by atoms with van der Waals surface area (Å²) >= 11 is 12.3. The summed E-state index contributed by atoms with van der Waals surface area (Å²) in [6.07, 6.45) is 3.46. The van der Waals surface area contributed by atoms with Crippen LogP contribution in [0.3, 0.4) is 0 Å². The van der Waals surface area contributed by atoms with Gasteiger partial charge >= 0.3 is 0 Å². The van der Waals surface area contributed by atoms with Gasteiger partial charge in [0.15, 0.2) is 5.11 Å². The van der Waals surface area contributed by atoms with Gasteiger partial charge in [-0.05, 0) is 55.2 Å². The molecule has 7 nitrogen and oxygen atoms in total. The van der Waals surface area contributed by atoms with E-state index in [0.29, 0.717) is 48.3 Å². The number of amides is 2. The van der Waals surface area contributed by atoms with Crippen LogP contribution in [0, 0.1) is 0 Å². The SMILES string of the molecule is CCCCCNC(=O)C1(c2ccccc2)CCN(C(=S)NC2N=C(c3ccccc3)c3cc(Cl)ccc3N(C)C2=O)CC1. The third kappa shape index (κ3) is 6.60. The van der Waals surface area contributed by atoms with Gasteiger partial charge in [0.2, 0.25) is 12.1 Å². The number of carbonyl (C=O) groups excluding carboxylic acids is 2. The number of halogens is 1. The van der Waals surface area contributed by atoms with E-state index in [-0.39, 0.29) is 11.8 Å². The molecule has 1 unspecified atom stereocenters. The molecule has 1 saturated heterocycles. The zero-order valence-electron chi connectivity index (χ0n) is 24.7. The van der Waals surface area contributed by atoms with Crippen molar-refractivity contribution in [2.45, 2.75) is 50.6 Å². The maximum Gasteiger partial charge on any atom is 0.272 e. The van der Waals surface area contributed by atoms with Crippen LogP contribution in [0.15, 0.2) is 83.9 Å². The molecule has 3 aromatic rings. The Morgan fingerprint density at radius 1 is 1.02 bits per heavy atom. The van der Waals surface area contributed by atoms with Crippen molar-refractivity contribution in [2.24, 2.45) is 4.99 Å². The molecule has 3 aromatic carbocycles. The lowest BCUT2D eigenvalue weighted by atomic mass is 9.72. The predicted octanol–water partition coefficient (Wildman–Crippen LogP) is 5.69. The number of hydrogen-bond acceptors (Lipinski definition) is 4. The molecule has 2 amide bonds. The number of anilines is 1. The molecule has 0 aromatic heterocycles. The van der Waals surface area contributed by atoms with Gasteiger partial charge in [-0.15, -0.1) is 0 Å². The van der Waals surface area contributed by atoms with E-state index in [4.69, 9.17) is 28.8 Å². The van der Waals surface area contributed by atoms with Crippen molar-refractivity contribution in [2.75, 3.05) is 31.6 Å². The van der Waals surface area contributed by atoms with E-state index >= 15 is 0 Å². The first kappa shape index (κ1) is 30.7. The maximum atomic E-state index is 13.7. The van der Waals surface area contributed by atoms with E-state index in [1.165, 1.54) is 0 Å². The summed E-state index contributed by atoms with van der Waals surface area (Å²) in [6.45, 7) is 3.98. The van der Waals surface area contributed by atoms with Crippen LogP contribution in [0.1, 0.15) is 55.7 Å². The molecule has 0 radical (unpaired) electrons. The molecule has 0 saturated carbocycles. The van der Waals surface area contributed by atoms with Crippen molar-refractivity contribution in [3.63, 3.8) is 0 Å². The number of benzene rings is 3. The van der Waals surface area contributed by atoms with Gasteiger partial charge < -0.3 is 20.4 Å². The Hall–Kier alpha value is -3.75. The van der Waals surface area contributed by atoms with Crippen LogP contribution >= 0.6 is 23.8 Å². The van der Waals surface area contributed by atoms with Crippen LogP contribution in [0.5, 0.6) is 0 Å². The zero-order valence-corrected chi connectivity index (χ0v) is 26.3. The van der Waals surface area contributed by atoms with Crippen LogP contribution in [-0.2, 0) is 15.0 Å². The number of nitrogens with zero attached hydrogens (tertiary/aromatic N) is 3. The first-order valence-corrected chi connectivity index (χ1v) is 15.7. The Morgan fingerprint density at radius 2 is 1.70 bits per heavy atom. The topological polar surface area (TPSA) is 77.0 Å². The number of nitrogens with one attached hydrogen (secondary N) is 2. The molecule has 43 heavy (non-hydrogen) atoms. The Balaban J connectivity index is 1.36. The summed E-state index contributed by atoms with van der Waals surface area (Å²) in [5.74, 6) is -0.151. The first-order valence-electron chi connectivity index (χ1n) is 14.9. The van der Waals surface area contributed by atoms with Gasteiger partial charge in [-0.1, -0.05) is 92.0 Å². The van der Waals surface area contributed by atoms with Gasteiger partial charge in [-0.2, -0.15) is 0 Å². The molecule has 0 aliphatic carbocycles. The Labute approximate surface area is 264 Å². The monoisotopic (exact) mass is 615 g/mol. The number of unbranched alkanes of at least 4 members (excludes halogenated alkanes) is 2. The molecular formula is C34H38ClN5O2S. The Morgan fingerprint density at radius 3 is 2.37 bits per heavy atom. The molecule has 1 fully saturated rings. The Kier molecular flexibility index (Phi) is 9.78. The molecule has 0 bridgehead atoms. The number of hydrogen-bond donors (Lipinski definition) is 2. The second kappa shape index (κ2) is 13.7. The van der Waals surface area contributed by atoms with E-state index in [0.717, 1.165) is 41.6 Å². The number of aliphatic imine (C=N–C) groups is 1. The summed E-state index contributed by atoms with van der Waals surface area (Å²) in [6, 6.07) is 25.3. The fourth-order valence-electron chi connectivity index (χ4n) is 5.92. The molecule has 2 heterocycles. The van der Waals surface area contributed by atoms with Crippen molar-refractivity contribution < 1.29 is 9.59 Å². The molecule has 1 atom stereocenters. The largest absolute Gasteiger partial charge is 0.355 e. The highest BCUT2D eigenvalue weighted by Crippen LogP contribution is 2.36. The third-order valence-electron chi connectivity index (χ3n) is 8.44. The standard InChI is InChI=1S/C34H38ClN5O2S/c1-3-4-11-20-36-32(42)34(25-14-9-6-10-15-25)18-21-40(22-19-34)33(43)38-30-31(41)39(2)28-17-16-26(35)23-27(28)29(37-30)24-12-7-5-8-13-24/h5-10,12-17,23,30H,3-4,11,18-22H2,1-2H3,(H,36,42)(H,38,43). The van der Waals surface area contributed by atoms with Crippen LogP contribution in [0.2, 0.25) is 5.02 Å². The Bertz CT molecular complexity index is 1490. The maximum absolute atomic E-state index is 13.7. The summed E-state index contributed by atoms with van der Waals surface area (Å²) in [4.78, 5) is 35.9. The van der Waals surface area contributed by atoms with Gasteiger partial charge in [-0.3, -0.25) is 9.59 Å². The second-order valence-corrected chi connectivity index (χ2v) is 12.0. The van der Waals surface area contributed by atoms with Crippen molar-refractivity contribution in [3.05, 3.63) is 101 Å². The van der Waals surface area contributed by atoms with Crippen LogP contribution in [-0.4, -0.2) is 60.4 Å². The van der Waals surface area contributed by atoms with Gasteiger partial charge in [0.25, 0.3) is 5.91 Å². The number of thiocarbonyl (C=S) groups is 1. The predicted molar refractivity (Wildman–Crippen MR) is 178 cm³/mol. The van der Waals surface area contributed by atoms with E-state index < -0.39 is 11.6 Å². The number of carbonyl (C=O) groups is 2. The molecular weight excluding hydrogens is 578 g/mol. The smallest absolute Gasteiger partial charge is 0.272 e. The normalized spacial score (nSPS) is 17.9. The number of likely N-dealkylation sites (tertiary alicyclic amines) is 1. The molecule has 5 rings (SSSR count). The summed E-state index contributed by atoms with van der Waals surface area (Å²) < 4.78 is 0. The molecule has 9 heteroatoms. The fraction of sp³-hybridized carbons (Fsp3) is 0.353. The highest BCUT2D eigenvalue weighted by molar-refractivity contribution is 7.80. The lowest BCUT2D eigenvalue weighted by molar-refractivity contribution is -0.128. The van der Waals surface area contributed by atoms with Crippen molar-refractivity contribution in [1.82, 2.24) is 15.5 Å². The number of likely N-dealkylation sites (N-methyl/N-ethyl adjacent to an activating group) is 1. The van der Waals surface area contributed by atoms with Gasteiger partial charge in [0.1, 0.15) is 0 Å². The third-order valence-corrected chi connectivity index (χ3v) is 9.05. The van der Waals surface area contributed by atoms with Crippen LogP contribution in [0.4, 0.5) is 5.69 Å². The highest BCUT2D eigenvalue weighted by atomic mass is 35.5. The molecule has 224 valence electrons. The van der Waals surface area contributed by atoms with Crippen molar-refractivity contribution >= 4 is 52.1 Å². The first-order chi connectivity index (χ1) is 20.8. The van der Waals surface area contributed by atoms with Crippen molar-refractivity contribution in [3.8, 4) is 0 Å². The lowest BCUT2D eigenvalue weighted by Crippen LogP contribution is -2.56. The molecule has 2 aliphatic heterocycles. The van der Waals surface area contributed by atoms with Crippen molar-refractivity contribution in [1.29, 1.82) is 0 Å². The number of piperidine rings is 1. The highest BCUT2D eigenvalue weighted by Gasteiger charge is 2.43. The number of fused-ring (bicyclic) bond motifs is 1. The van der Waals surface area contributed by atoms with E-state index in [1.807, 2.05) is 77.7 Å². The summed E-state index contributed by atoms with van der Waals surface area (Å²) in [5.41, 5.74) is 3.44. The zero-order chi connectivity index (χ0) is 30.4. The van der Waals surface area contributed by atoms with Gasteiger partial charge in [-0.25, -0.2) is 4.99 Å². The minimum Gasteiger partial charge on any atom is -0.355 e. The minimum atomic E-state index is -0.929. The summed E-state index contributed by atoms with van der Waals surface area (Å²) in [5, 5.41) is 7.46. The number of benzodiazepines with no additional fused rings is 1. The fourth-order valence-corrected chi connectivity index (χ4v) is 6.38. The lowest BCUT2D eigenvalue weighted by Gasteiger charge is -2.42.